The zero-order valence-corrected chi connectivity index (χ0v) is 10.7. The molecule has 0 rings (SSSR count). The zero-order valence-electron chi connectivity index (χ0n) is 9.13. The Hall–Kier alpha value is 0.400. The van der Waals surface area contributed by atoms with Gasteiger partial charge in [-0.1, -0.05) is 29.8 Å². The minimum absolute atomic E-state index is 0.229. The summed E-state index contributed by atoms with van der Waals surface area (Å²) in [7, 11) is 2.06. The van der Waals surface area contributed by atoms with Crippen molar-refractivity contribution in [2.75, 3.05) is 25.5 Å². The highest BCUT2D eigenvalue weighted by Gasteiger charge is 2.14. The first-order chi connectivity index (χ1) is 5.97. The van der Waals surface area contributed by atoms with Gasteiger partial charge in [0.2, 0.25) is 0 Å². The van der Waals surface area contributed by atoms with Crippen LogP contribution in [0.1, 0.15) is 20.8 Å². The fraction of sp³-hybridized carbons (Fsp3) is 1.00. The van der Waals surface area contributed by atoms with Crippen molar-refractivity contribution in [2.24, 2.45) is 11.8 Å². The van der Waals surface area contributed by atoms with Crippen molar-refractivity contribution in [2.45, 2.75) is 26.9 Å². The molecule has 2 atom stereocenters. The van der Waals surface area contributed by atoms with E-state index in [1.807, 2.05) is 6.92 Å². The monoisotopic (exact) mass is 251 g/mol. The van der Waals surface area contributed by atoms with E-state index in [0.29, 0.717) is 11.8 Å². The third kappa shape index (κ3) is 6.47. The van der Waals surface area contributed by atoms with Gasteiger partial charge in [0.25, 0.3) is 0 Å². The first-order valence-corrected chi connectivity index (χ1v) is 6.02. The number of rotatable bonds is 6. The maximum Gasteiger partial charge on any atom is 0.0638 e. The Morgan fingerprint density at radius 2 is 1.77 bits per heavy atom. The van der Waals surface area contributed by atoms with Gasteiger partial charge in [-0.3, -0.25) is 0 Å². The fourth-order valence-corrected chi connectivity index (χ4v) is 2.32. The molecule has 0 aromatic carbocycles. The van der Waals surface area contributed by atoms with Gasteiger partial charge in [0.1, 0.15) is 0 Å². The van der Waals surface area contributed by atoms with E-state index in [2.05, 4.69) is 41.7 Å². The van der Waals surface area contributed by atoms with Crippen LogP contribution in [-0.2, 0) is 0 Å². The summed E-state index contributed by atoms with van der Waals surface area (Å²) in [5, 5.41) is 10.2. The average Bonchev–Trinajstić information content (AvgIpc) is 1.98. The molecular weight excluding hydrogens is 230 g/mol. The lowest BCUT2D eigenvalue weighted by Gasteiger charge is -2.26. The second kappa shape index (κ2) is 6.80. The van der Waals surface area contributed by atoms with Crippen LogP contribution in [0.15, 0.2) is 0 Å². The molecule has 0 saturated heterocycles. The Kier molecular flexibility index (Phi) is 7.00. The van der Waals surface area contributed by atoms with Gasteiger partial charge < -0.3 is 10.0 Å². The molecule has 1 N–H and O–H groups in total. The zero-order chi connectivity index (χ0) is 10.4. The molecule has 0 amide bonds. The number of hydrogen-bond donors (Lipinski definition) is 1. The topological polar surface area (TPSA) is 23.5 Å². The van der Waals surface area contributed by atoms with E-state index in [4.69, 9.17) is 0 Å². The predicted octanol–water partition coefficient (Wildman–Crippen LogP) is 1.97. The van der Waals surface area contributed by atoms with Gasteiger partial charge >= 0.3 is 0 Å². The van der Waals surface area contributed by atoms with E-state index < -0.39 is 0 Å². The Balaban J connectivity index is 3.79. The first-order valence-electron chi connectivity index (χ1n) is 4.90. The van der Waals surface area contributed by atoms with Crippen LogP contribution >= 0.6 is 15.9 Å². The third-order valence-corrected chi connectivity index (χ3v) is 3.09. The minimum atomic E-state index is -0.229. The Bertz CT molecular complexity index is 128. The highest BCUT2D eigenvalue weighted by Crippen LogP contribution is 2.14. The van der Waals surface area contributed by atoms with E-state index in [1.54, 1.807) is 0 Å². The highest BCUT2D eigenvalue weighted by molar-refractivity contribution is 9.09. The summed E-state index contributed by atoms with van der Waals surface area (Å²) in [5.41, 5.74) is 0. The van der Waals surface area contributed by atoms with Crippen LogP contribution in [0.5, 0.6) is 0 Å². The number of aliphatic hydroxyl groups is 1. The summed E-state index contributed by atoms with van der Waals surface area (Å²) in [5.74, 6) is 1.36. The number of hydrogen-bond acceptors (Lipinski definition) is 2. The molecule has 0 radical (unpaired) electrons. The van der Waals surface area contributed by atoms with Gasteiger partial charge in [-0.2, -0.15) is 0 Å². The van der Waals surface area contributed by atoms with Gasteiger partial charge in [-0.15, -0.1) is 0 Å². The molecule has 0 heterocycles. The Morgan fingerprint density at radius 3 is 2.08 bits per heavy atom. The predicted molar refractivity (Wildman–Crippen MR) is 61.3 cm³/mol. The molecule has 2 nitrogen and oxygen atoms in total. The second-order valence-corrected chi connectivity index (χ2v) is 4.88. The summed E-state index contributed by atoms with van der Waals surface area (Å²) in [6.45, 7) is 8.11. The highest BCUT2D eigenvalue weighted by atomic mass is 79.9. The Labute approximate surface area is 90.4 Å². The van der Waals surface area contributed by atoms with Crippen molar-refractivity contribution in [3.05, 3.63) is 0 Å². The van der Waals surface area contributed by atoms with E-state index >= 15 is 0 Å². The Morgan fingerprint density at radius 1 is 1.23 bits per heavy atom. The normalized spacial score (nSPS) is 16.6. The lowest BCUT2D eigenvalue weighted by Crippen LogP contribution is -2.34. The van der Waals surface area contributed by atoms with Crippen LogP contribution in [0, 0.1) is 11.8 Å². The van der Waals surface area contributed by atoms with Gasteiger partial charge in [-0.05, 0) is 25.8 Å². The molecule has 0 aliphatic rings. The largest absolute Gasteiger partial charge is 0.392 e. The maximum absolute atomic E-state index is 9.19. The summed E-state index contributed by atoms with van der Waals surface area (Å²) in [6.07, 6.45) is -0.229. The molecule has 0 aromatic rings. The third-order valence-electron chi connectivity index (χ3n) is 2.26. The minimum Gasteiger partial charge on any atom is -0.392 e. The van der Waals surface area contributed by atoms with Gasteiger partial charge in [0.05, 0.1) is 6.10 Å². The van der Waals surface area contributed by atoms with Crippen LogP contribution in [0.4, 0.5) is 0 Å². The van der Waals surface area contributed by atoms with Crippen molar-refractivity contribution in [1.29, 1.82) is 0 Å². The molecule has 0 bridgehead atoms. The van der Waals surface area contributed by atoms with Crippen LogP contribution in [-0.4, -0.2) is 41.6 Å². The number of aliphatic hydroxyl groups excluding tert-OH is 1. The van der Waals surface area contributed by atoms with Crippen LogP contribution in [0.25, 0.3) is 0 Å². The molecule has 0 aliphatic carbocycles. The number of halogens is 1. The van der Waals surface area contributed by atoms with Gasteiger partial charge in [0.15, 0.2) is 0 Å². The molecule has 0 aromatic heterocycles. The SMILES string of the molecule is CC(O)CN(C)CC(CBr)C(C)C. The van der Waals surface area contributed by atoms with Gasteiger partial charge in [0, 0.05) is 18.4 Å². The van der Waals surface area contributed by atoms with Crippen LogP contribution in [0.2, 0.25) is 0 Å². The van der Waals surface area contributed by atoms with Gasteiger partial charge in [-0.25, -0.2) is 0 Å². The summed E-state index contributed by atoms with van der Waals surface area (Å²) < 4.78 is 0. The fourth-order valence-electron chi connectivity index (χ4n) is 1.36. The van der Waals surface area contributed by atoms with E-state index in [-0.39, 0.29) is 6.10 Å². The van der Waals surface area contributed by atoms with Crippen molar-refractivity contribution in [3.63, 3.8) is 0 Å². The summed E-state index contributed by atoms with van der Waals surface area (Å²) >= 11 is 3.52. The molecule has 0 saturated carbocycles. The maximum atomic E-state index is 9.19. The molecular formula is C10H22BrNO. The molecule has 80 valence electrons. The molecule has 0 spiro atoms. The molecule has 0 aliphatic heterocycles. The first kappa shape index (κ1) is 13.4. The average molecular weight is 252 g/mol. The molecule has 13 heavy (non-hydrogen) atoms. The quantitative estimate of drug-likeness (QED) is 0.730. The van der Waals surface area contributed by atoms with E-state index in [0.717, 1.165) is 18.4 Å². The van der Waals surface area contributed by atoms with Crippen LogP contribution in [0.3, 0.4) is 0 Å². The molecule has 0 fully saturated rings. The van der Waals surface area contributed by atoms with E-state index in [9.17, 15) is 5.11 Å². The second-order valence-electron chi connectivity index (χ2n) is 4.23. The lowest BCUT2D eigenvalue weighted by atomic mass is 9.97. The molecule has 3 heteroatoms. The van der Waals surface area contributed by atoms with E-state index in [1.165, 1.54) is 0 Å². The number of alkyl halides is 1. The van der Waals surface area contributed by atoms with Crippen molar-refractivity contribution in [1.82, 2.24) is 4.90 Å². The summed E-state index contributed by atoms with van der Waals surface area (Å²) in [4.78, 5) is 2.19. The number of likely N-dealkylation sites (N-methyl/N-ethyl adjacent to an activating group) is 1. The standard InChI is InChI=1S/C10H22BrNO/c1-8(2)10(5-11)7-12(4)6-9(3)13/h8-10,13H,5-7H2,1-4H3. The van der Waals surface area contributed by atoms with Crippen molar-refractivity contribution in [3.8, 4) is 0 Å². The summed E-state index contributed by atoms with van der Waals surface area (Å²) in [6, 6.07) is 0. The van der Waals surface area contributed by atoms with Crippen molar-refractivity contribution < 1.29 is 5.11 Å². The molecule has 2 unspecified atom stereocenters. The lowest BCUT2D eigenvalue weighted by molar-refractivity contribution is 0.129. The van der Waals surface area contributed by atoms with Crippen molar-refractivity contribution >= 4 is 15.9 Å². The number of nitrogens with zero attached hydrogens (tertiary/aromatic N) is 1. The van der Waals surface area contributed by atoms with Crippen LogP contribution < -0.4 is 0 Å². The smallest absolute Gasteiger partial charge is 0.0638 e.